The maximum absolute atomic E-state index is 5.22. The van der Waals surface area contributed by atoms with Crippen LogP contribution in [-0.4, -0.2) is 35.0 Å². The molecule has 0 aromatic carbocycles. The van der Waals surface area contributed by atoms with Gasteiger partial charge in [-0.3, -0.25) is 0 Å². The van der Waals surface area contributed by atoms with Gasteiger partial charge in [-0.05, 0) is 12.3 Å². The van der Waals surface area contributed by atoms with Gasteiger partial charge in [-0.1, -0.05) is 32.5 Å². The van der Waals surface area contributed by atoms with Crippen molar-refractivity contribution in [1.29, 1.82) is 0 Å². The number of anilines is 1. The lowest BCUT2D eigenvalue weighted by Crippen LogP contribution is -2.30. The smallest absolute Gasteiger partial charge is 0.133 e. The molecule has 0 radical (unpaired) electrons. The normalized spacial score (nSPS) is 15.8. The third kappa shape index (κ3) is 3.14. The number of nitrogens with one attached hydrogen (secondary N) is 1. The van der Waals surface area contributed by atoms with E-state index >= 15 is 0 Å². The van der Waals surface area contributed by atoms with Gasteiger partial charge in [0.25, 0.3) is 0 Å². The van der Waals surface area contributed by atoms with Crippen molar-refractivity contribution in [3.8, 4) is 0 Å². The molecule has 4 nitrogen and oxygen atoms in total. The third-order valence-electron chi connectivity index (χ3n) is 2.85. The second-order valence-corrected chi connectivity index (χ2v) is 6.09. The molecule has 0 amide bonds. The van der Waals surface area contributed by atoms with E-state index in [1.54, 1.807) is 6.33 Å². The number of aromatic nitrogens is 2. The van der Waals surface area contributed by atoms with Gasteiger partial charge < -0.3 is 10.1 Å². The van der Waals surface area contributed by atoms with Gasteiger partial charge in [-0.15, -0.1) is 0 Å². The van der Waals surface area contributed by atoms with Crippen LogP contribution in [0.4, 0.5) is 5.82 Å². The van der Waals surface area contributed by atoms with E-state index in [9.17, 15) is 0 Å². The summed E-state index contributed by atoms with van der Waals surface area (Å²) in [7, 11) is 0. The molecule has 0 aliphatic carbocycles. The van der Waals surface area contributed by atoms with Crippen molar-refractivity contribution in [1.82, 2.24) is 9.97 Å². The highest BCUT2D eigenvalue weighted by Crippen LogP contribution is 2.35. The van der Waals surface area contributed by atoms with Gasteiger partial charge in [0.2, 0.25) is 0 Å². The van der Waals surface area contributed by atoms with E-state index in [-0.39, 0.29) is 0 Å². The molecule has 1 aromatic heterocycles. The largest absolute Gasteiger partial charge is 0.379 e. The van der Waals surface area contributed by atoms with Crippen molar-refractivity contribution >= 4 is 17.6 Å². The zero-order chi connectivity index (χ0) is 13.0. The molecular formula is C13H21N3OS. The average molecular weight is 267 g/mol. The molecule has 1 saturated heterocycles. The molecule has 0 unspecified atom stereocenters. The topological polar surface area (TPSA) is 47.0 Å². The monoisotopic (exact) mass is 267 g/mol. The van der Waals surface area contributed by atoms with Gasteiger partial charge in [0, 0.05) is 12.1 Å². The van der Waals surface area contributed by atoms with Crippen molar-refractivity contribution < 1.29 is 4.74 Å². The number of nitrogens with zero attached hydrogens (tertiary/aromatic N) is 2. The SMILES string of the molecule is CCCNc1ncnc(SC2COC2)c1C(C)C. The zero-order valence-electron chi connectivity index (χ0n) is 11.3. The molecule has 1 fully saturated rings. The van der Waals surface area contributed by atoms with Gasteiger partial charge in [0.1, 0.15) is 17.2 Å². The molecule has 2 heterocycles. The zero-order valence-corrected chi connectivity index (χ0v) is 12.1. The second-order valence-electron chi connectivity index (χ2n) is 4.80. The van der Waals surface area contributed by atoms with E-state index in [1.807, 2.05) is 11.8 Å². The first-order chi connectivity index (χ1) is 8.72. The Bertz CT molecular complexity index is 394. The van der Waals surface area contributed by atoms with Crippen LogP contribution in [0.15, 0.2) is 11.4 Å². The molecule has 5 heteroatoms. The minimum atomic E-state index is 0.425. The fourth-order valence-corrected chi connectivity index (χ4v) is 3.03. The van der Waals surface area contributed by atoms with E-state index in [0.717, 1.165) is 37.0 Å². The van der Waals surface area contributed by atoms with Crippen LogP contribution in [0.3, 0.4) is 0 Å². The molecule has 1 aliphatic rings. The quantitative estimate of drug-likeness (QED) is 0.803. The summed E-state index contributed by atoms with van der Waals surface area (Å²) >= 11 is 1.82. The minimum Gasteiger partial charge on any atom is -0.379 e. The Balaban J connectivity index is 2.20. The van der Waals surface area contributed by atoms with Gasteiger partial charge >= 0.3 is 0 Å². The lowest BCUT2D eigenvalue weighted by molar-refractivity contribution is 0.0454. The number of rotatable bonds is 6. The molecule has 18 heavy (non-hydrogen) atoms. The van der Waals surface area contributed by atoms with Crippen LogP contribution < -0.4 is 5.32 Å². The molecule has 0 atom stereocenters. The van der Waals surface area contributed by atoms with E-state index in [1.165, 1.54) is 5.56 Å². The molecule has 1 aliphatic heterocycles. The molecule has 100 valence electrons. The lowest BCUT2D eigenvalue weighted by atomic mass is 10.1. The summed E-state index contributed by atoms with van der Waals surface area (Å²) in [6.07, 6.45) is 2.76. The predicted octanol–water partition coefficient (Wildman–Crippen LogP) is 2.91. The number of thioether (sulfide) groups is 1. The first-order valence-corrected chi connectivity index (χ1v) is 7.43. The molecule has 1 aromatic rings. The van der Waals surface area contributed by atoms with Crippen molar-refractivity contribution in [2.24, 2.45) is 0 Å². The van der Waals surface area contributed by atoms with E-state index in [0.29, 0.717) is 11.2 Å². The summed E-state index contributed by atoms with van der Waals surface area (Å²) < 4.78 is 5.22. The van der Waals surface area contributed by atoms with E-state index < -0.39 is 0 Å². The number of hydrogen-bond acceptors (Lipinski definition) is 5. The molecule has 0 spiro atoms. The Hall–Kier alpha value is -0.810. The van der Waals surface area contributed by atoms with E-state index in [4.69, 9.17) is 4.74 Å². The van der Waals surface area contributed by atoms with Crippen LogP contribution in [-0.2, 0) is 4.74 Å². The van der Waals surface area contributed by atoms with Gasteiger partial charge in [0.15, 0.2) is 0 Å². The lowest BCUT2D eigenvalue weighted by Gasteiger charge is -2.26. The Morgan fingerprint density at radius 3 is 2.78 bits per heavy atom. The average Bonchev–Trinajstić information content (AvgIpc) is 2.30. The predicted molar refractivity (Wildman–Crippen MR) is 75.4 cm³/mol. The fraction of sp³-hybridized carbons (Fsp3) is 0.692. The standard InChI is InChI=1S/C13H21N3OS/c1-4-5-14-12-11(9(2)3)13(16-8-15-12)18-10-6-17-7-10/h8-10H,4-7H2,1-3H3,(H,14,15,16). The van der Waals surface area contributed by atoms with Crippen molar-refractivity contribution in [3.63, 3.8) is 0 Å². The molecule has 0 saturated carbocycles. The summed E-state index contributed by atoms with van der Waals surface area (Å²) in [4.78, 5) is 8.83. The summed E-state index contributed by atoms with van der Waals surface area (Å²) in [6.45, 7) is 9.17. The highest BCUT2D eigenvalue weighted by atomic mass is 32.2. The van der Waals surface area contributed by atoms with Crippen molar-refractivity contribution in [2.45, 2.75) is 43.4 Å². The molecule has 2 rings (SSSR count). The third-order valence-corrected chi connectivity index (χ3v) is 4.01. The van der Waals surface area contributed by atoms with Crippen LogP contribution in [0.25, 0.3) is 0 Å². The van der Waals surface area contributed by atoms with Crippen molar-refractivity contribution in [3.05, 3.63) is 11.9 Å². The highest BCUT2D eigenvalue weighted by Gasteiger charge is 2.24. The molecule has 1 N–H and O–H groups in total. The Kier molecular flexibility index (Phi) is 4.83. The first kappa shape index (κ1) is 13.6. The van der Waals surface area contributed by atoms with E-state index in [2.05, 4.69) is 36.1 Å². The maximum Gasteiger partial charge on any atom is 0.133 e. The minimum absolute atomic E-state index is 0.425. The second kappa shape index (κ2) is 6.38. The molecule has 0 bridgehead atoms. The van der Waals surface area contributed by atoms with Crippen LogP contribution in [0.2, 0.25) is 0 Å². The van der Waals surface area contributed by atoms with Crippen LogP contribution in [0, 0.1) is 0 Å². The highest BCUT2D eigenvalue weighted by molar-refractivity contribution is 8.00. The van der Waals surface area contributed by atoms with Gasteiger partial charge in [-0.2, -0.15) is 0 Å². The van der Waals surface area contributed by atoms with Crippen LogP contribution >= 0.6 is 11.8 Å². The molecular weight excluding hydrogens is 246 g/mol. The fourth-order valence-electron chi connectivity index (χ4n) is 1.82. The van der Waals surface area contributed by atoms with Crippen LogP contribution in [0.1, 0.15) is 38.7 Å². The first-order valence-electron chi connectivity index (χ1n) is 6.55. The maximum atomic E-state index is 5.22. The van der Waals surface area contributed by atoms with Gasteiger partial charge in [-0.25, -0.2) is 9.97 Å². The summed E-state index contributed by atoms with van der Waals surface area (Å²) in [5, 5.41) is 5.05. The van der Waals surface area contributed by atoms with Crippen molar-refractivity contribution in [2.75, 3.05) is 25.1 Å². The summed E-state index contributed by atoms with van der Waals surface area (Å²) in [5.41, 5.74) is 1.24. The number of ether oxygens (including phenoxy) is 1. The number of hydrogen-bond donors (Lipinski definition) is 1. The Labute approximate surface area is 113 Å². The summed E-state index contributed by atoms with van der Waals surface area (Å²) in [6, 6.07) is 0. The Morgan fingerprint density at radius 2 is 2.22 bits per heavy atom. The van der Waals surface area contributed by atoms with Crippen LogP contribution in [0.5, 0.6) is 0 Å². The summed E-state index contributed by atoms with van der Waals surface area (Å²) in [5.74, 6) is 1.42. The van der Waals surface area contributed by atoms with Gasteiger partial charge in [0.05, 0.1) is 18.5 Å². The Morgan fingerprint density at radius 1 is 1.44 bits per heavy atom.